The lowest BCUT2D eigenvalue weighted by atomic mass is 9.75. The predicted molar refractivity (Wildman–Crippen MR) is 108 cm³/mol. The molecule has 0 fully saturated rings. The average molecular weight is 401 g/mol. The topological polar surface area (TPSA) is 113 Å². The summed E-state index contributed by atoms with van der Waals surface area (Å²) in [5, 5.41) is 19.7. The average Bonchev–Trinajstić information content (AvgIpc) is 2.62. The number of benzene rings is 1. The highest BCUT2D eigenvalue weighted by Gasteiger charge is 2.34. The van der Waals surface area contributed by atoms with Gasteiger partial charge in [-0.15, -0.1) is 0 Å². The van der Waals surface area contributed by atoms with Gasteiger partial charge < -0.3 is 14.9 Å². The SMILES string of the molecule is CC(=N[C@@H](CCC(=O)OCc1ccccc1)C(=O)O)C1=C(O)CC(C)(C)CC1=O. The van der Waals surface area contributed by atoms with Gasteiger partial charge in [-0.2, -0.15) is 0 Å². The summed E-state index contributed by atoms with van der Waals surface area (Å²) in [7, 11) is 0. The molecule has 0 spiro atoms. The minimum Gasteiger partial charge on any atom is -0.511 e. The molecule has 2 N–H and O–H groups in total. The maximum absolute atomic E-state index is 12.4. The summed E-state index contributed by atoms with van der Waals surface area (Å²) >= 11 is 0. The van der Waals surface area contributed by atoms with E-state index < -0.39 is 18.0 Å². The van der Waals surface area contributed by atoms with Crippen LogP contribution in [0.5, 0.6) is 0 Å². The van der Waals surface area contributed by atoms with E-state index in [1.165, 1.54) is 6.92 Å². The van der Waals surface area contributed by atoms with Gasteiger partial charge >= 0.3 is 11.9 Å². The molecule has 0 saturated carbocycles. The van der Waals surface area contributed by atoms with Gasteiger partial charge in [0.15, 0.2) is 5.78 Å². The molecule has 156 valence electrons. The monoisotopic (exact) mass is 401 g/mol. The molecule has 0 aromatic heterocycles. The van der Waals surface area contributed by atoms with E-state index in [9.17, 15) is 24.6 Å². The number of aliphatic carboxylic acids is 1. The largest absolute Gasteiger partial charge is 0.511 e. The highest BCUT2D eigenvalue weighted by Crippen LogP contribution is 2.36. The van der Waals surface area contributed by atoms with E-state index in [2.05, 4.69) is 4.99 Å². The van der Waals surface area contributed by atoms with Crippen molar-refractivity contribution >= 4 is 23.4 Å². The minimum atomic E-state index is -1.21. The van der Waals surface area contributed by atoms with Crippen LogP contribution in [0.2, 0.25) is 0 Å². The van der Waals surface area contributed by atoms with Crippen LogP contribution in [0.1, 0.15) is 52.0 Å². The standard InChI is InChI=1S/C22H27NO6/c1-14(20-17(24)11-22(2,3)12-18(20)25)23-16(21(27)28)9-10-19(26)29-13-15-7-5-4-6-8-15/h4-8,16,24H,9-13H2,1-3H3,(H,27,28)/t16-/m0/s1. The molecule has 7 nitrogen and oxygen atoms in total. The van der Waals surface area contributed by atoms with Crippen molar-refractivity contribution in [1.29, 1.82) is 0 Å². The Morgan fingerprint density at radius 2 is 1.86 bits per heavy atom. The number of hydrogen-bond donors (Lipinski definition) is 2. The Morgan fingerprint density at radius 3 is 2.45 bits per heavy atom. The molecule has 0 saturated heterocycles. The van der Waals surface area contributed by atoms with Crippen LogP contribution in [-0.4, -0.2) is 39.7 Å². The molecule has 0 unspecified atom stereocenters. The van der Waals surface area contributed by atoms with Gasteiger partial charge in [0.1, 0.15) is 18.4 Å². The highest BCUT2D eigenvalue weighted by atomic mass is 16.5. The van der Waals surface area contributed by atoms with Crippen LogP contribution in [0.15, 0.2) is 46.7 Å². The van der Waals surface area contributed by atoms with Crippen molar-refractivity contribution in [3.63, 3.8) is 0 Å². The Morgan fingerprint density at radius 1 is 1.21 bits per heavy atom. The number of esters is 1. The number of ether oxygens (including phenoxy) is 1. The van der Waals surface area contributed by atoms with Crippen LogP contribution < -0.4 is 0 Å². The Labute approximate surface area is 170 Å². The van der Waals surface area contributed by atoms with Crippen molar-refractivity contribution in [2.45, 2.75) is 59.1 Å². The zero-order chi connectivity index (χ0) is 21.6. The fourth-order valence-corrected chi connectivity index (χ4v) is 3.31. The van der Waals surface area contributed by atoms with Crippen molar-refractivity contribution in [3.8, 4) is 0 Å². The number of hydrogen-bond acceptors (Lipinski definition) is 6. The highest BCUT2D eigenvalue weighted by molar-refractivity contribution is 6.22. The first kappa shape index (κ1) is 22.3. The Balaban J connectivity index is 2.01. The zero-order valence-electron chi connectivity index (χ0n) is 17.0. The number of allylic oxidation sites excluding steroid dienone is 2. The van der Waals surface area contributed by atoms with Crippen LogP contribution in [-0.2, 0) is 25.7 Å². The van der Waals surface area contributed by atoms with Crippen LogP contribution in [0.3, 0.4) is 0 Å². The molecule has 0 heterocycles. The first-order chi connectivity index (χ1) is 13.6. The van der Waals surface area contributed by atoms with Crippen LogP contribution in [0.4, 0.5) is 0 Å². The van der Waals surface area contributed by atoms with Gasteiger partial charge in [-0.05, 0) is 24.3 Å². The summed E-state index contributed by atoms with van der Waals surface area (Å²) < 4.78 is 5.15. The molecular weight excluding hydrogens is 374 g/mol. The molecule has 1 aromatic carbocycles. The second-order valence-corrected chi connectivity index (χ2v) is 8.02. The zero-order valence-corrected chi connectivity index (χ0v) is 17.0. The second kappa shape index (κ2) is 9.49. The van der Waals surface area contributed by atoms with Crippen molar-refractivity contribution in [2.24, 2.45) is 10.4 Å². The molecule has 0 radical (unpaired) electrons. The van der Waals surface area contributed by atoms with Crippen molar-refractivity contribution in [1.82, 2.24) is 0 Å². The van der Waals surface area contributed by atoms with E-state index in [1.54, 1.807) is 0 Å². The molecule has 1 atom stereocenters. The van der Waals surface area contributed by atoms with Gasteiger partial charge in [0.05, 0.1) is 5.57 Å². The number of ketones is 1. The fourth-order valence-electron chi connectivity index (χ4n) is 3.31. The van der Waals surface area contributed by atoms with E-state index >= 15 is 0 Å². The van der Waals surface area contributed by atoms with E-state index in [0.717, 1.165) is 5.56 Å². The summed E-state index contributed by atoms with van der Waals surface area (Å²) in [5.41, 5.74) is 0.751. The van der Waals surface area contributed by atoms with E-state index in [4.69, 9.17) is 4.74 Å². The van der Waals surface area contributed by atoms with E-state index in [0.29, 0.717) is 6.42 Å². The number of carboxylic acid groups (broad SMARTS) is 1. The summed E-state index contributed by atoms with van der Waals surface area (Å²) in [5.74, 6) is -2.06. The quantitative estimate of drug-likeness (QED) is 0.508. The molecule has 2 rings (SSSR count). The molecular formula is C22H27NO6. The molecule has 0 bridgehead atoms. The summed E-state index contributed by atoms with van der Waals surface area (Å²) in [6, 6.07) is 7.96. The van der Waals surface area contributed by atoms with Gasteiger partial charge in [-0.25, -0.2) is 4.79 Å². The van der Waals surface area contributed by atoms with Crippen LogP contribution in [0.25, 0.3) is 0 Å². The van der Waals surface area contributed by atoms with Crippen molar-refractivity contribution < 1.29 is 29.3 Å². The lowest BCUT2D eigenvalue weighted by molar-refractivity contribution is -0.145. The van der Waals surface area contributed by atoms with Crippen molar-refractivity contribution in [3.05, 3.63) is 47.2 Å². The maximum Gasteiger partial charge on any atom is 0.328 e. The molecule has 7 heteroatoms. The molecule has 1 aliphatic carbocycles. The number of carboxylic acids is 1. The lowest BCUT2D eigenvalue weighted by Gasteiger charge is -2.29. The number of rotatable bonds is 8. The maximum atomic E-state index is 12.4. The number of aliphatic imine (C=N–C) groups is 1. The summed E-state index contributed by atoms with van der Waals surface area (Å²) in [6.07, 6.45) is 0.397. The molecule has 1 aromatic rings. The number of carbonyl (C=O) groups is 3. The molecule has 0 aliphatic heterocycles. The number of aliphatic hydroxyl groups excluding tert-OH is 1. The Bertz CT molecular complexity index is 838. The van der Waals surface area contributed by atoms with E-state index in [-0.39, 0.29) is 54.1 Å². The number of nitrogens with zero attached hydrogens (tertiary/aromatic N) is 1. The molecule has 0 amide bonds. The van der Waals surface area contributed by atoms with Crippen LogP contribution >= 0.6 is 0 Å². The van der Waals surface area contributed by atoms with Gasteiger partial charge in [0.2, 0.25) is 0 Å². The molecule has 1 aliphatic rings. The normalized spacial score (nSPS) is 17.8. The van der Waals surface area contributed by atoms with Gasteiger partial charge in [0.25, 0.3) is 0 Å². The van der Waals surface area contributed by atoms with Crippen LogP contribution in [0, 0.1) is 5.41 Å². The summed E-state index contributed by atoms with van der Waals surface area (Å²) in [6.45, 7) is 5.38. The number of carbonyl (C=O) groups excluding carboxylic acids is 2. The van der Waals surface area contributed by atoms with Crippen molar-refractivity contribution in [2.75, 3.05) is 0 Å². The third-order valence-electron chi connectivity index (χ3n) is 4.71. The fraction of sp³-hybridized carbons (Fsp3) is 0.455. The Hall–Kier alpha value is -2.96. The number of Topliss-reactive ketones (excluding diaryl/α,β-unsaturated/α-hetero) is 1. The third-order valence-corrected chi connectivity index (χ3v) is 4.71. The van der Waals surface area contributed by atoms with Gasteiger partial charge in [0, 0.05) is 25.0 Å². The smallest absolute Gasteiger partial charge is 0.328 e. The Kier molecular flexibility index (Phi) is 7.31. The van der Waals surface area contributed by atoms with Gasteiger partial charge in [-0.3, -0.25) is 14.6 Å². The lowest BCUT2D eigenvalue weighted by Crippen LogP contribution is -2.29. The van der Waals surface area contributed by atoms with Gasteiger partial charge in [-0.1, -0.05) is 44.2 Å². The minimum absolute atomic E-state index is 0.0615. The summed E-state index contributed by atoms with van der Waals surface area (Å²) in [4.78, 5) is 40.0. The number of aliphatic hydroxyl groups is 1. The molecule has 29 heavy (non-hydrogen) atoms. The second-order valence-electron chi connectivity index (χ2n) is 8.02. The third kappa shape index (κ3) is 6.55. The first-order valence-electron chi connectivity index (χ1n) is 9.51. The predicted octanol–water partition coefficient (Wildman–Crippen LogP) is 3.63. The first-order valence-corrected chi connectivity index (χ1v) is 9.51. The van der Waals surface area contributed by atoms with E-state index in [1.807, 2.05) is 44.2 Å².